The number of primary amides is 1. The van der Waals surface area contributed by atoms with Crippen LogP contribution in [0.25, 0.3) is 0 Å². The predicted octanol–water partition coefficient (Wildman–Crippen LogP) is 1.52. The topological polar surface area (TPSA) is 122 Å². The van der Waals surface area contributed by atoms with Crippen molar-refractivity contribution in [2.45, 2.75) is 63.1 Å². The number of nitrogens with two attached hydrogens (primary N) is 1. The summed E-state index contributed by atoms with van der Waals surface area (Å²) in [7, 11) is 1.75. The Balaban J connectivity index is 1.71. The number of aliphatic hydroxyl groups excluding tert-OH is 1. The van der Waals surface area contributed by atoms with Crippen LogP contribution in [0, 0.1) is 5.92 Å². The maximum absolute atomic E-state index is 11.7. The molecule has 2 saturated carbocycles. The number of carbonyl (C=O) groups is 1. The summed E-state index contributed by atoms with van der Waals surface area (Å²) in [5.41, 5.74) is 5.76. The van der Waals surface area contributed by atoms with Crippen LogP contribution in [0.5, 0.6) is 0 Å². The zero-order chi connectivity index (χ0) is 18.5. The third-order valence-electron chi connectivity index (χ3n) is 5.61. The largest absolute Gasteiger partial charge is 0.396 e. The fourth-order valence-corrected chi connectivity index (χ4v) is 3.99. The highest BCUT2D eigenvalue weighted by molar-refractivity contribution is 5.97. The molecule has 2 atom stereocenters. The minimum Gasteiger partial charge on any atom is -0.396 e. The van der Waals surface area contributed by atoms with Crippen molar-refractivity contribution >= 4 is 17.7 Å². The van der Waals surface area contributed by atoms with E-state index in [1.54, 1.807) is 7.11 Å². The first-order valence-electron chi connectivity index (χ1n) is 9.44. The highest BCUT2D eigenvalue weighted by atomic mass is 16.5. The number of hydrogen-bond donors (Lipinski definition) is 4. The average Bonchev–Trinajstić information content (AvgIpc) is 3.09. The normalized spacial score (nSPS) is 28.7. The lowest BCUT2D eigenvalue weighted by molar-refractivity contribution is 0.0681. The van der Waals surface area contributed by atoms with E-state index in [0.29, 0.717) is 23.9 Å². The van der Waals surface area contributed by atoms with Crippen molar-refractivity contribution in [1.29, 1.82) is 0 Å². The second-order valence-electron chi connectivity index (χ2n) is 7.30. The molecule has 2 aliphatic rings. The average molecular weight is 363 g/mol. The van der Waals surface area contributed by atoms with Crippen molar-refractivity contribution in [1.82, 2.24) is 9.97 Å². The first-order chi connectivity index (χ1) is 12.6. The van der Waals surface area contributed by atoms with Gasteiger partial charge in [-0.1, -0.05) is 6.42 Å². The Bertz CT molecular complexity index is 619. The van der Waals surface area contributed by atoms with Crippen LogP contribution in [-0.4, -0.2) is 52.9 Å². The molecule has 2 aliphatic carbocycles. The minimum absolute atomic E-state index is 0.0954. The Morgan fingerprint density at radius 3 is 2.69 bits per heavy atom. The molecule has 1 aromatic heterocycles. The zero-order valence-electron chi connectivity index (χ0n) is 15.3. The van der Waals surface area contributed by atoms with Gasteiger partial charge in [-0.2, -0.15) is 4.98 Å². The van der Waals surface area contributed by atoms with Crippen LogP contribution in [-0.2, 0) is 4.74 Å². The van der Waals surface area contributed by atoms with Crippen LogP contribution < -0.4 is 16.4 Å². The molecule has 0 radical (unpaired) electrons. The quantitative estimate of drug-likeness (QED) is 0.579. The molecule has 144 valence electrons. The molecule has 8 heteroatoms. The van der Waals surface area contributed by atoms with E-state index in [-0.39, 0.29) is 24.1 Å². The number of anilines is 2. The van der Waals surface area contributed by atoms with Gasteiger partial charge in [0, 0.05) is 37.9 Å². The van der Waals surface area contributed by atoms with Crippen LogP contribution in [0.2, 0.25) is 0 Å². The van der Waals surface area contributed by atoms with Gasteiger partial charge in [-0.15, -0.1) is 0 Å². The van der Waals surface area contributed by atoms with Gasteiger partial charge in [-0.25, -0.2) is 4.98 Å². The van der Waals surface area contributed by atoms with Crippen LogP contribution >= 0.6 is 0 Å². The number of methoxy groups -OCH3 is 1. The summed E-state index contributed by atoms with van der Waals surface area (Å²) in [5.74, 6) is 0.562. The minimum atomic E-state index is -0.557. The third kappa shape index (κ3) is 4.42. The molecule has 1 heterocycles. The molecule has 0 saturated heterocycles. The van der Waals surface area contributed by atoms with Gasteiger partial charge < -0.3 is 26.2 Å². The van der Waals surface area contributed by atoms with Crippen molar-refractivity contribution in [2.24, 2.45) is 11.7 Å². The first kappa shape index (κ1) is 18.8. The van der Waals surface area contributed by atoms with E-state index in [2.05, 4.69) is 20.6 Å². The molecule has 8 nitrogen and oxygen atoms in total. The van der Waals surface area contributed by atoms with E-state index in [1.807, 2.05) is 0 Å². The number of aromatic nitrogens is 2. The Morgan fingerprint density at radius 2 is 2.04 bits per heavy atom. The molecule has 0 unspecified atom stereocenters. The lowest BCUT2D eigenvalue weighted by atomic mass is 9.93. The van der Waals surface area contributed by atoms with Gasteiger partial charge in [0.25, 0.3) is 5.91 Å². The van der Waals surface area contributed by atoms with Crippen LogP contribution in [0.4, 0.5) is 11.8 Å². The van der Waals surface area contributed by atoms with Gasteiger partial charge in [0.1, 0.15) is 5.82 Å². The van der Waals surface area contributed by atoms with Gasteiger partial charge in [-0.3, -0.25) is 4.79 Å². The molecule has 2 fully saturated rings. The van der Waals surface area contributed by atoms with Crippen molar-refractivity contribution in [3.8, 4) is 0 Å². The van der Waals surface area contributed by atoms with E-state index in [1.165, 1.54) is 6.20 Å². The van der Waals surface area contributed by atoms with E-state index < -0.39 is 5.91 Å². The standard InChI is InChI=1S/C18H29N5O3/c1-26-13-7-5-12(6-8-13)21-18-20-9-14(16(19)25)17(23-18)22-15-4-2-3-11(15)10-24/h9,11-13,15,24H,2-8,10H2,1H3,(H2,19,25)(H2,20,21,22,23)/t11-,12-,13-,15+/m0/s1. The highest BCUT2D eigenvalue weighted by Gasteiger charge is 2.28. The molecular formula is C18H29N5O3. The zero-order valence-corrected chi connectivity index (χ0v) is 15.3. The Kier molecular flexibility index (Phi) is 6.26. The molecule has 5 N–H and O–H groups in total. The number of amides is 1. The maximum atomic E-state index is 11.7. The maximum Gasteiger partial charge on any atom is 0.254 e. The number of nitrogens with zero attached hydrogens (tertiary/aromatic N) is 2. The van der Waals surface area contributed by atoms with Gasteiger partial charge in [0.15, 0.2) is 0 Å². The summed E-state index contributed by atoms with van der Waals surface area (Å²) >= 11 is 0. The van der Waals surface area contributed by atoms with Gasteiger partial charge in [-0.05, 0) is 38.5 Å². The SMILES string of the molecule is CO[C@H]1CC[C@H](Nc2ncc(C(N)=O)c(N[C@@H]3CCC[C@H]3CO)n2)CC1. The Hall–Kier alpha value is -1.93. The molecular weight excluding hydrogens is 334 g/mol. The molecule has 0 aromatic carbocycles. The highest BCUT2D eigenvalue weighted by Crippen LogP contribution is 2.29. The third-order valence-corrected chi connectivity index (χ3v) is 5.61. The summed E-state index contributed by atoms with van der Waals surface area (Å²) in [6.07, 6.45) is 8.79. The molecule has 1 amide bonds. The molecule has 26 heavy (non-hydrogen) atoms. The number of ether oxygens (including phenoxy) is 1. The van der Waals surface area contributed by atoms with Crippen molar-refractivity contribution in [2.75, 3.05) is 24.4 Å². The van der Waals surface area contributed by atoms with Crippen LogP contribution in [0.3, 0.4) is 0 Å². The van der Waals surface area contributed by atoms with Crippen LogP contribution in [0.15, 0.2) is 6.20 Å². The van der Waals surface area contributed by atoms with Crippen molar-refractivity contribution < 1.29 is 14.6 Å². The Labute approximate surface area is 153 Å². The van der Waals surface area contributed by atoms with Crippen LogP contribution in [0.1, 0.15) is 55.3 Å². The summed E-state index contributed by atoms with van der Waals surface area (Å²) < 4.78 is 5.41. The fourth-order valence-electron chi connectivity index (χ4n) is 3.99. The molecule has 1 aromatic rings. The second kappa shape index (κ2) is 8.64. The summed E-state index contributed by atoms with van der Waals surface area (Å²) in [6, 6.07) is 0.392. The number of aliphatic hydroxyl groups is 1. The van der Waals surface area contributed by atoms with E-state index in [4.69, 9.17) is 10.5 Å². The number of rotatable bonds is 7. The van der Waals surface area contributed by atoms with E-state index >= 15 is 0 Å². The summed E-state index contributed by atoms with van der Waals surface area (Å²) in [6.45, 7) is 0.127. The van der Waals surface area contributed by atoms with Crippen molar-refractivity contribution in [3.63, 3.8) is 0 Å². The Morgan fingerprint density at radius 1 is 1.27 bits per heavy atom. The fraction of sp³-hybridized carbons (Fsp3) is 0.722. The monoisotopic (exact) mass is 363 g/mol. The lowest BCUT2D eigenvalue weighted by Crippen LogP contribution is -2.31. The first-order valence-corrected chi connectivity index (χ1v) is 9.44. The molecule has 0 aliphatic heterocycles. The van der Waals surface area contributed by atoms with Crippen molar-refractivity contribution in [3.05, 3.63) is 11.8 Å². The smallest absolute Gasteiger partial charge is 0.254 e. The number of hydrogen-bond acceptors (Lipinski definition) is 7. The number of carbonyl (C=O) groups excluding carboxylic acids is 1. The molecule has 3 rings (SSSR count). The lowest BCUT2D eigenvalue weighted by Gasteiger charge is -2.28. The molecule has 0 bridgehead atoms. The second-order valence-corrected chi connectivity index (χ2v) is 7.30. The van der Waals surface area contributed by atoms with E-state index in [9.17, 15) is 9.90 Å². The predicted molar refractivity (Wildman–Crippen MR) is 99.1 cm³/mol. The van der Waals surface area contributed by atoms with E-state index in [0.717, 1.165) is 44.9 Å². The van der Waals surface area contributed by atoms with Gasteiger partial charge in [0.05, 0.1) is 11.7 Å². The summed E-state index contributed by atoms with van der Waals surface area (Å²) in [5, 5.41) is 16.2. The van der Waals surface area contributed by atoms with Gasteiger partial charge >= 0.3 is 0 Å². The van der Waals surface area contributed by atoms with Gasteiger partial charge in [0.2, 0.25) is 5.95 Å². The summed E-state index contributed by atoms with van der Waals surface area (Å²) in [4.78, 5) is 20.5. The number of nitrogens with one attached hydrogen (secondary N) is 2. The molecule has 0 spiro atoms.